The van der Waals surface area contributed by atoms with Gasteiger partial charge in [0.1, 0.15) is 5.54 Å². The number of hydrogen-bond donors (Lipinski definition) is 1. The molecule has 0 amide bonds. The minimum atomic E-state index is -0.490. The van der Waals surface area contributed by atoms with Gasteiger partial charge in [-0.15, -0.1) is 0 Å². The summed E-state index contributed by atoms with van der Waals surface area (Å²) in [6, 6.07) is 2.82. The summed E-state index contributed by atoms with van der Waals surface area (Å²) in [7, 11) is 0. The van der Waals surface area contributed by atoms with E-state index < -0.39 is 5.54 Å². The van der Waals surface area contributed by atoms with Gasteiger partial charge in [0.05, 0.1) is 12.7 Å². The van der Waals surface area contributed by atoms with Crippen molar-refractivity contribution in [2.24, 2.45) is 0 Å². The molecule has 0 saturated heterocycles. The standard InChI is InChI=1S/C10H18N2O/c1-3-6-13-8-10(2,7-11)12-9-4-5-9/h9,12H,3-6,8H2,1-2H3. The number of hydrogen-bond acceptors (Lipinski definition) is 3. The Morgan fingerprint density at radius 2 is 2.31 bits per heavy atom. The molecule has 1 saturated carbocycles. The molecule has 0 aromatic rings. The summed E-state index contributed by atoms with van der Waals surface area (Å²) in [6.07, 6.45) is 3.40. The van der Waals surface area contributed by atoms with Gasteiger partial charge in [0, 0.05) is 12.6 Å². The highest BCUT2D eigenvalue weighted by Crippen LogP contribution is 2.22. The van der Waals surface area contributed by atoms with Gasteiger partial charge in [-0.2, -0.15) is 5.26 Å². The van der Waals surface area contributed by atoms with Gasteiger partial charge in [-0.05, 0) is 26.2 Å². The van der Waals surface area contributed by atoms with E-state index >= 15 is 0 Å². The summed E-state index contributed by atoms with van der Waals surface area (Å²) in [5, 5.41) is 12.3. The lowest BCUT2D eigenvalue weighted by Crippen LogP contribution is -2.46. The first kappa shape index (κ1) is 10.5. The minimum absolute atomic E-state index is 0.490. The lowest BCUT2D eigenvalue weighted by Gasteiger charge is -2.22. The monoisotopic (exact) mass is 182 g/mol. The Bertz CT molecular complexity index is 196. The second-order valence-electron chi connectivity index (χ2n) is 3.92. The van der Waals surface area contributed by atoms with E-state index in [0.717, 1.165) is 13.0 Å². The zero-order chi connectivity index (χ0) is 9.73. The lowest BCUT2D eigenvalue weighted by atomic mass is 10.1. The fraction of sp³-hybridized carbons (Fsp3) is 0.900. The van der Waals surface area contributed by atoms with Gasteiger partial charge in [-0.25, -0.2) is 0 Å². The van der Waals surface area contributed by atoms with Gasteiger partial charge in [0.2, 0.25) is 0 Å². The van der Waals surface area contributed by atoms with Gasteiger partial charge in [0.15, 0.2) is 0 Å². The quantitative estimate of drug-likeness (QED) is 0.632. The molecule has 3 heteroatoms. The predicted octanol–water partition coefficient (Wildman–Crippen LogP) is 1.45. The average molecular weight is 182 g/mol. The second-order valence-corrected chi connectivity index (χ2v) is 3.92. The highest BCUT2D eigenvalue weighted by molar-refractivity contribution is 5.07. The molecule has 0 bridgehead atoms. The van der Waals surface area contributed by atoms with Crippen molar-refractivity contribution in [3.63, 3.8) is 0 Å². The van der Waals surface area contributed by atoms with Crippen LogP contribution < -0.4 is 5.32 Å². The van der Waals surface area contributed by atoms with Gasteiger partial charge >= 0.3 is 0 Å². The van der Waals surface area contributed by atoms with E-state index in [9.17, 15) is 0 Å². The van der Waals surface area contributed by atoms with E-state index in [1.165, 1.54) is 12.8 Å². The van der Waals surface area contributed by atoms with Crippen LogP contribution in [-0.2, 0) is 4.74 Å². The molecule has 0 aliphatic heterocycles. The van der Waals surface area contributed by atoms with Crippen molar-refractivity contribution in [3.05, 3.63) is 0 Å². The van der Waals surface area contributed by atoms with Crippen molar-refractivity contribution in [3.8, 4) is 6.07 Å². The largest absolute Gasteiger partial charge is 0.378 e. The van der Waals surface area contributed by atoms with Crippen LogP contribution >= 0.6 is 0 Å². The minimum Gasteiger partial charge on any atom is -0.378 e. The van der Waals surface area contributed by atoms with E-state index in [1.54, 1.807) is 0 Å². The molecule has 74 valence electrons. The maximum atomic E-state index is 8.97. The normalized spacial score (nSPS) is 20.7. The van der Waals surface area contributed by atoms with Crippen molar-refractivity contribution in [1.29, 1.82) is 5.26 Å². The summed E-state index contributed by atoms with van der Waals surface area (Å²) in [4.78, 5) is 0. The van der Waals surface area contributed by atoms with Crippen LogP contribution in [0.25, 0.3) is 0 Å². The van der Waals surface area contributed by atoms with Crippen LogP contribution in [0.15, 0.2) is 0 Å². The number of rotatable bonds is 6. The van der Waals surface area contributed by atoms with Crippen LogP contribution in [0.2, 0.25) is 0 Å². The predicted molar refractivity (Wildman–Crippen MR) is 51.3 cm³/mol. The van der Waals surface area contributed by atoms with Crippen LogP contribution in [-0.4, -0.2) is 24.8 Å². The average Bonchev–Trinajstić information content (AvgIpc) is 2.89. The smallest absolute Gasteiger partial charge is 0.127 e. The molecule has 3 nitrogen and oxygen atoms in total. The van der Waals surface area contributed by atoms with E-state index in [-0.39, 0.29) is 0 Å². The van der Waals surface area contributed by atoms with E-state index in [1.807, 2.05) is 6.92 Å². The Balaban J connectivity index is 2.25. The summed E-state index contributed by atoms with van der Waals surface area (Å²) < 4.78 is 5.38. The van der Waals surface area contributed by atoms with Gasteiger partial charge in [-0.3, -0.25) is 5.32 Å². The number of nitriles is 1. The zero-order valence-corrected chi connectivity index (χ0v) is 8.47. The molecule has 0 heterocycles. The van der Waals surface area contributed by atoms with Crippen LogP contribution in [0.3, 0.4) is 0 Å². The SMILES string of the molecule is CCCOCC(C)(C#N)NC1CC1. The van der Waals surface area contributed by atoms with Crippen LogP contribution in [0.5, 0.6) is 0 Å². The molecule has 1 aliphatic rings. The molecule has 1 aliphatic carbocycles. The summed E-state index contributed by atoms with van der Waals surface area (Å²) in [6.45, 7) is 5.20. The topological polar surface area (TPSA) is 45.0 Å². The van der Waals surface area contributed by atoms with Crippen molar-refractivity contribution in [1.82, 2.24) is 5.32 Å². The lowest BCUT2D eigenvalue weighted by molar-refractivity contribution is 0.0951. The van der Waals surface area contributed by atoms with Crippen LogP contribution in [0.4, 0.5) is 0 Å². The molecule has 0 spiro atoms. The van der Waals surface area contributed by atoms with Gasteiger partial charge < -0.3 is 4.74 Å². The van der Waals surface area contributed by atoms with Gasteiger partial charge in [-0.1, -0.05) is 6.92 Å². The Hall–Kier alpha value is -0.590. The van der Waals surface area contributed by atoms with Crippen LogP contribution in [0, 0.1) is 11.3 Å². The molecule has 0 aromatic heterocycles. The molecule has 1 atom stereocenters. The Morgan fingerprint density at radius 1 is 1.62 bits per heavy atom. The molecule has 1 fully saturated rings. The summed E-state index contributed by atoms with van der Waals surface area (Å²) in [5.74, 6) is 0. The van der Waals surface area contributed by atoms with Crippen molar-refractivity contribution in [2.45, 2.75) is 44.7 Å². The number of nitrogens with one attached hydrogen (secondary N) is 1. The molecular weight excluding hydrogens is 164 g/mol. The Kier molecular flexibility index (Phi) is 3.71. The van der Waals surface area contributed by atoms with Crippen molar-refractivity contribution >= 4 is 0 Å². The van der Waals surface area contributed by atoms with Gasteiger partial charge in [0.25, 0.3) is 0 Å². The number of nitrogens with zero attached hydrogens (tertiary/aromatic N) is 1. The highest BCUT2D eigenvalue weighted by atomic mass is 16.5. The Morgan fingerprint density at radius 3 is 2.77 bits per heavy atom. The van der Waals surface area contributed by atoms with Crippen molar-refractivity contribution < 1.29 is 4.74 Å². The van der Waals surface area contributed by atoms with Crippen molar-refractivity contribution in [2.75, 3.05) is 13.2 Å². The maximum absolute atomic E-state index is 8.97. The molecule has 1 rings (SSSR count). The second kappa shape index (κ2) is 4.59. The third-order valence-corrected chi connectivity index (χ3v) is 2.09. The van der Waals surface area contributed by atoms with Crippen LogP contribution in [0.1, 0.15) is 33.1 Å². The third-order valence-electron chi connectivity index (χ3n) is 2.09. The molecule has 1 N–H and O–H groups in total. The molecule has 0 radical (unpaired) electrons. The first-order valence-corrected chi connectivity index (χ1v) is 4.97. The summed E-state index contributed by atoms with van der Waals surface area (Å²) in [5.41, 5.74) is -0.490. The fourth-order valence-corrected chi connectivity index (χ4v) is 1.21. The zero-order valence-electron chi connectivity index (χ0n) is 8.47. The Labute approximate surface area is 80.1 Å². The fourth-order valence-electron chi connectivity index (χ4n) is 1.21. The number of ether oxygens (including phenoxy) is 1. The molecular formula is C10H18N2O. The highest BCUT2D eigenvalue weighted by Gasteiger charge is 2.32. The maximum Gasteiger partial charge on any atom is 0.127 e. The first-order chi connectivity index (χ1) is 6.20. The van der Waals surface area contributed by atoms with E-state index in [4.69, 9.17) is 10.00 Å². The third kappa shape index (κ3) is 3.75. The molecule has 0 aromatic carbocycles. The van der Waals surface area contributed by atoms with E-state index in [2.05, 4.69) is 18.3 Å². The molecule has 13 heavy (non-hydrogen) atoms. The molecule has 1 unspecified atom stereocenters. The summed E-state index contributed by atoms with van der Waals surface area (Å²) >= 11 is 0. The first-order valence-electron chi connectivity index (χ1n) is 4.97. The van der Waals surface area contributed by atoms with E-state index in [0.29, 0.717) is 12.6 Å².